The predicted octanol–water partition coefficient (Wildman–Crippen LogP) is -0.147. The Bertz CT molecular complexity index is 625. The Labute approximate surface area is 104 Å². The van der Waals surface area contributed by atoms with Crippen molar-refractivity contribution in [3.63, 3.8) is 0 Å². The molecule has 0 fully saturated rings. The van der Waals surface area contributed by atoms with Gasteiger partial charge in [-0.25, -0.2) is 4.68 Å². The Morgan fingerprint density at radius 1 is 1.44 bits per heavy atom. The summed E-state index contributed by atoms with van der Waals surface area (Å²) < 4.78 is 6.33. The van der Waals surface area contributed by atoms with E-state index in [0.717, 1.165) is 10.6 Å². The topological polar surface area (TPSA) is 61.2 Å². The number of fused-ring (bicyclic) bond motifs is 1. The van der Waals surface area contributed by atoms with E-state index in [1.54, 1.807) is 6.20 Å². The van der Waals surface area contributed by atoms with Crippen molar-refractivity contribution in [2.75, 3.05) is 6.61 Å². The molecule has 1 aliphatic rings. The number of aromatic nitrogens is 2. The van der Waals surface area contributed by atoms with Crippen molar-refractivity contribution in [1.29, 1.82) is 0 Å². The third-order valence-electron chi connectivity index (χ3n) is 2.62. The zero-order valence-electron chi connectivity index (χ0n) is 10.3. The quantitative estimate of drug-likeness (QED) is 0.681. The summed E-state index contributed by atoms with van der Waals surface area (Å²) in [5.74, 6) is -0.437. The van der Waals surface area contributed by atoms with E-state index in [9.17, 15) is 9.59 Å². The number of allylic oxidation sites excluding steroid dienone is 1. The number of esters is 1. The fourth-order valence-electron chi connectivity index (χ4n) is 1.81. The van der Waals surface area contributed by atoms with E-state index in [1.165, 1.54) is 18.5 Å². The average molecular weight is 246 g/mol. The number of carbonyl (C=O) groups is 2. The van der Waals surface area contributed by atoms with Gasteiger partial charge >= 0.3 is 5.97 Å². The van der Waals surface area contributed by atoms with Crippen LogP contribution in [0.1, 0.15) is 18.6 Å². The van der Waals surface area contributed by atoms with Crippen LogP contribution >= 0.6 is 0 Å². The van der Waals surface area contributed by atoms with Crippen LogP contribution in [0, 0.1) is 5.92 Å². The number of hydrogen-bond donors (Lipinski definition) is 0. The SMILES string of the molecule is CC(=O)OCC1C=CC=c2c(cnn2C(C)=O)=C1. The molecule has 0 bridgehead atoms. The molecule has 0 saturated carbocycles. The summed E-state index contributed by atoms with van der Waals surface area (Å²) >= 11 is 0. The van der Waals surface area contributed by atoms with Crippen LogP contribution in [0.5, 0.6) is 0 Å². The maximum Gasteiger partial charge on any atom is 0.302 e. The lowest BCUT2D eigenvalue weighted by Gasteiger charge is -2.06. The van der Waals surface area contributed by atoms with Gasteiger partial charge in [0, 0.05) is 25.0 Å². The Hall–Kier alpha value is -2.17. The molecule has 1 aliphatic carbocycles. The van der Waals surface area contributed by atoms with Crippen molar-refractivity contribution in [3.05, 3.63) is 28.9 Å². The smallest absolute Gasteiger partial charge is 0.302 e. The summed E-state index contributed by atoms with van der Waals surface area (Å²) in [6, 6.07) is 0. The molecule has 5 heteroatoms. The zero-order chi connectivity index (χ0) is 13.1. The minimum Gasteiger partial charge on any atom is -0.465 e. The van der Waals surface area contributed by atoms with Gasteiger partial charge in [-0.3, -0.25) is 9.59 Å². The summed E-state index contributed by atoms with van der Waals surface area (Å²) in [6.07, 6.45) is 9.17. The lowest BCUT2D eigenvalue weighted by atomic mass is 10.1. The molecule has 1 aromatic rings. The summed E-state index contributed by atoms with van der Waals surface area (Å²) in [5, 5.41) is 5.65. The molecule has 0 radical (unpaired) electrons. The highest BCUT2D eigenvalue weighted by atomic mass is 16.5. The lowest BCUT2D eigenvalue weighted by Crippen LogP contribution is -2.32. The molecule has 0 saturated heterocycles. The average Bonchev–Trinajstić information content (AvgIpc) is 2.58. The van der Waals surface area contributed by atoms with Gasteiger partial charge < -0.3 is 4.74 Å². The monoisotopic (exact) mass is 246 g/mol. The van der Waals surface area contributed by atoms with Gasteiger partial charge in [0.1, 0.15) is 6.61 Å². The maximum absolute atomic E-state index is 11.4. The molecule has 1 unspecified atom stereocenters. The standard InChI is InChI=1S/C13H14N2O3/c1-9(16)15-13-5-3-4-11(8-18-10(2)17)6-12(13)7-14-15/h3-7,11H,8H2,1-2H3. The van der Waals surface area contributed by atoms with Gasteiger partial charge in [0.2, 0.25) is 5.91 Å². The van der Waals surface area contributed by atoms with E-state index < -0.39 is 0 Å². The minimum atomic E-state index is -0.301. The minimum absolute atomic E-state index is 0.00370. The van der Waals surface area contributed by atoms with E-state index in [2.05, 4.69) is 5.10 Å². The van der Waals surface area contributed by atoms with Gasteiger partial charge in [-0.1, -0.05) is 18.2 Å². The molecular weight excluding hydrogens is 232 g/mol. The third kappa shape index (κ3) is 2.56. The van der Waals surface area contributed by atoms with Crippen molar-refractivity contribution in [1.82, 2.24) is 9.78 Å². The van der Waals surface area contributed by atoms with Crippen LogP contribution in [0.25, 0.3) is 12.2 Å². The van der Waals surface area contributed by atoms with E-state index in [-0.39, 0.29) is 17.8 Å². The van der Waals surface area contributed by atoms with Gasteiger partial charge in [-0.2, -0.15) is 5.10 Å². The summed E-state index contributed by atoms with van der Waals surface area (Å²) in [6.45, 7) is 3.14. The fraction of sp³-hybridized carbons (Fsp3) is 0.308. The Kier molecular flexibility index (Phi) is 3.41. The Morgan fingerprint density at radius 2 is 2.22 bits per heavy atom. The highest BCUT2D eigenvalue weighted by molar-refractivity contribution is 5.75. The number of ether oxygens (including phenoxy) is 1. The third-order valence-corrected chi connectivity index (χ3v) is 2.62. The second kappa shape index (κ2) is 5.00. The predicted molar refractivity (Wildman–Crippen MR) is 66.0 cm³/mol. The summed E-state index contributed by atoms with van der Waals surface area (Å²) in [5.41, 5.74) is 0. The largest absolute Gasteiger partial charge is 0.465 e. The van der Waals surface area contributed by atoms with Gasteiger partial charge in [-0.05, 0) is 6.08 Å². The Morgan fingerprint density at radius 3 is 2.89 bits per heavy atom. The van der Waals surface area contributed by atoms with Crippen LogP contribution in [0.15, 0.2) is 18.3 Å². The van der Waals surface area contributed by atoms with Crippen LogP contribution in [-0.2, 0) is 9.53 Å². The maximum atomic E-state index is 11.4. The van der Waals surface area contributed by atoms with Crippen LogP contribution < -0.4 is 10.6 Å². The molecule has 5 nitrogen and oxygen atoms in total. The first-order valence-electron chi connectivity index (χ1n) is 5.66. The van der Waals surface area contributed by atoms with Gasteiger partial charge in [-0.15, -0.1) is 0 Å². The van der Waals surface area contributed by atoms with Crippen molar-refractivity contribution in [2.45, 2.75) is 13.8 Å². The van der Waals surface area contributed by atoms with Crippen molar-refractivity contribution in [2.24, 2.45) is 5.92 Å². The number of nitrogens with zero attached hydrogens (tertiary/aromatic N) is 2. The van der Waals surface area contributed by atoms with Gasteiger partial charge in [0.05, 0.1) is 11.5 Å². The molecule has 1 aromatic heterocycles. The number of hydrogen-bond acceptors (Lipinski definition) is 4. The van der Waals surface area contributed by atoms with Gasteiger partial charge in [0.25, 0.3) is 0 Å². The molecule has 0 aliphatic heterocycles. The van der Waals surface area contributed by atoms with E-state index >= 15 is 0 Å². The van der Waals surface area contributed by atoms with Crippen molar-refractivity contribution in [3.8, 4) is 0 Å². The number of carbonyl (C=O) groups excluding carboxylic acids is 2. The van der Waals surface area contributed by atoms with Crippen LogP contribution in [0.2, 0.25) is 0 Å². The van der Waals surface area contributed by atoms with Crippen LogP contribution in [-0.4, -0.2) is 28.3 Å². The molecule has 1 atom stereocenters. The molecule has 0 amide bonds. The molecule has 94 valence electrons. The molecule has 18 heavy (non-hydrogen) atoms. The highest BCUT2D eigenvalue weighted by Crippen LogP contribution is 2.04. The lowest BCUT2D eigenvalue weighted by molar-refractivity contribution is -0.141. The first kappa shape index (κ1) is 12.3. The number of rotatable bonds is 2. The first-order valence-corrected chi connectivity index (χ1v) is 5.66. The summed E-state index contributed by atoms with van der Waals surface area (Å²) in [4.78, 5) is 22.1. The second-order valence-electron chi connectivity index (χ2n) is 4.10. The van der Waals surface area contributed by atoms with E-state index in [1.807, 2.05) is 24.3 Å². The Balaban J connectivity index is 2.34. The molecule has 0 spiro atoms. The molecule has 1 heterocycles. The molecule has 2 rings (SSSR count). The molecular formula is C13H14N2O3. The molecule has 0 aromatic carbocycles. The second-order valence-corrected chi connectivity index (χ2v) is 4.10. The molecule has 0 N–H and O–H groups in total. The van der Waals surface area contributed by atoms with Gasteiger partial charge in [0.15, 0.2) is 0 Å². The van der Waals surface area contributed by atoms with Crippen molar-refractivity contribution >= 4 is 24.0 Å². The van der Waals surface area contributed by atoms with Crippen LogP contribution in [0.4, 0.5) is 0 Å². The van der Waals surface area contributed by atoms with Crippen molar-refractivity contribution < 1.29 is 14.3 Å². The summed E-state index contributed by atoms with van der Waals surface area (Å²) in [7, 11) is 0. The van der Waals surface area contributed by atoms with E-state index in [4.69, 9.17) is 4.74 Å². The first-order chi connectivity index (χ1) is 8.58. The van der Waals surface area contributed by atoms with Crippen LogP contribution in [0.3, 0.4) is 0 Å². The zero-order valence-corrected chi connectivity index (χ0v) is 10.3. The normalized spacial score (nSPS) is 17.1. The highest BCUT2D eigenvalue weighted by Gasteiger charge is 2.08. The fourth-order valence-corrected chi connectivity index (χ4v) is 1.81. The van der Waals surface area contributed by atoms with E-state index in [0.29, 0.717) is 6.61 Å².